The van der Waals surface area contributed by atoms with E-state index in [0.717, 1.165) is 42.8 Å². The topological polar surface area (TPSA) is 25.8 Å². The van der Waals surface area contributed by atoms with E-state index in [1.54, 1.807) is 0 Å². The van der Waals surface area contributed by atoms with E-state index in [9.17, 15) is 0 Å². The van der Waals surface area contributed by atoms with Gasteiger partial charge in [0, 0.05) is 22.4 Å². The molecule has 0 N–H and O–H groups in total. The summed E-state index contributed by atoms with van der Waals surface area (Å²) in [5.74, 6) is 0.837. The Morgan fingerprint density at radius 1 is 0.654 bits per heavy atom. The van der Waals surface area contributed by atoms with E-state index < -0.39 is 0 Å². The summed E-state index contributed by atoms with van der Waals surface area (Å²) in [5.41, 5.74) is 8.42. The summed E-state index contributed by atoms with van der Waals surface area (Å²) in [6, 6.07) is 17.2. The minimum atomic E-state index is 0.837. The number of rotatable bonds is 6. The van der Waals surface area contributed by atoms with Crippen molar-refractivity contribution in [2.24, 2.45) is 0 Å². The lowest BCUT2D eigenvalue weighted by Crippen LogP contribution is -2.06. The van der Waals surface area contributed by atoms with Crippen molar-refractivity contribution in [2.45, 2.75) is 53.4 Å². The van der Waals surface area contributed by atoms with Gasteiger partial charge in [-0.05, 0) is 26.7 Å². The predicted octanol–water partition coefficient (Wildman–Crippen LogP) is 6.33. The molecule has 0 amide bonds. The van der Waals surface area contributed by atoms with E-state index in [0.29, 0.717) is 0 Å². The maximum atomic E-state index is 5.02. The molecule has 1 heterocycles. The molecule has 2 nitrogen and oxygen atoms in total. The first-order valence-corrected chi connectivity index (χ1v) is 9.66. The number of nitrogens with zero attached hydrogens (tertiary/aromatic N) is 2. The van der Waals surface area contributed by atoms with Gasteiger partial charge in [0.15, 0.2) is 5.82 Å². The lowest BCUT2D eigenvalue weighted by Gasteiger charge is -2.15. The quantitative estimate of drug-likeness (QED) is 0.522. The van der Waals surface area contributed by atoms with Gasteiger partial charge in [-0.15, -0.1) is 0 Å². The fourth-order valence-corrected chi connectivity index (χ4v) is 3.27. The standard InChI is InChI=1S/C24H28N2/c1-5-7-21-22(8-6-2)25-24(20-15-11-18(4)12-16-20)26-23(21)19-13-9-17(3)10-14-19/h9-16H,5-8H2,1-4H3. The maximum Gasteiger partial charge on any atom is 0.160 e. The Morgan fingerprint density at radius 3 is 1.73 bits per heavy atom. The van der Waals surface area contributed by atoms with Gasteiger partial charge >= 0.3 is 0 Å². The van der Waals surface area contributed by atoms with Crippen molar-refractivity contribution in [3.63, 3.8) is 0 Å². The summed E-state index contributed by atoms with van der Waals surface area (Å²) < 4.78 is 0. The normalized spacial score (nSPS) is 10.9. The van der Waals surface area contributed by atoms with Gasteiger partial charge in [-0.2, -0.15) is 0 Å². The van der Waals surface area contributed by atoms with Crippen LogP contribution >= 0.6 is 0 Å². The molecule has 2 aromatic carbocycles. The summed E-state index contributed by atoms with van der Waals surface area (Å²) in [4.78, 5) is 10.00. The summed E-state index contributed by atoms with van der Waals surface area (Å²) in [6.45, 7) is 8.67. The number of hydrogen-bond acceptors (Lipinski definition) is 2. The van der Waals surface area contributed by atoms with Crippen molar-refractivity contribution in [3.05, 3.63) is 70.9 Å². The molecule has 0 radical (unpaired) electrons. The van der Waals surface area contributed by atoms with Crippen LogP contribution in [0.2, 0.25) is 0 Å². The van der Waals surface area contributed by atoms with Crippen LogP contribution in [-0.2, 0) is 12.8 Å². The van der Waals surface area contributed by atoms with Crippen LogP contribution in [0.4, 0.5) is 0 Å². The first-order valence-electron chi connectivity index (χ1n) is 9.66. The second kappa shape index (κ2) is 8.27. The van der Waals surface area contributed by atoms with Crippen molar-refractivity contribution < 1.29 is 0 Å². The zero-order chi connectivity index (χ0) is 18.5. The van der Waals surface area contributed by atoms with Crippen LogP contribution in [0.5, 0.6) is 0 Å². The molecule has 0 unspecified atom stereocenters. The molecule has 0 atom stereocenters. The Bertz CT molecular complexity index is 862. The summed E-state index contributed by atoms with van der Waals surface area (Å²) in [6.07, 6.45) is 4.21. The molecule has 0 saturated heterocycles. The highest BCUT2D eigenvalue weighted by Crippen LogP contribution is 2.29. The lowest BCUT2D eigenvalue weighted by molar-refractivity contribution is 0.820. The Morgan fingerprint density at radius 2 is 1.19 bits per heavy atom. The first-order chi connectivity index (χ1) is 12.6. The van der Waals surface area contributed by atoms with E-state index in [4.69, 9.17) is 9.97 Å². The predicted molar refractivity (Wildman–Crippen MR) is 110 cm³/mol. The molecule has 3 rings (SSSR count). The van der Waals surface area contributed by atoms with Gasteiger partial charge in [0.05, 0.1) is 5.69 Å². The fourth-order valence-electron chi connectivity index (χ4n) is 3.27. The Kier molecular flexibility index (Phi) is 5.82. The molecule has 0 saturated carbocycles. The summed E-state index contributed by atoms with van der Waals surface area (Å²) in [7, 11) is 0. The fraction of sp³-hybridized carbons (Fsp3) is 0.333. The highest BCUT2D eigenvalue weighted by molar-refractivity contribution is 5.68. The monoisotopic (exact) mass is 344 g/mol. The average molecular weight is 345 g/mol. The van der Waals surface area contributed by atoms with Crippen LogP contribution in [-0.4, -0.2) is 9.97 Å². The third-order valence-electron chi connectivity index (χ3n) is 4.71. The van der Waals surface area contributed by atoms with Crippen LogP contribution in [0.25, 0.3) is 22.6 Å². The zero-order valence-electron chi connectivity index (χ0n) is 16.3. The molecular formula is C24H28N2. The smallest absolute Gasteiger partial charge is 0.160 e. The van der Waals surface area contributed by atoms with Gasteiger partial charge in [-0.25, -0.2) is 9.97 Å². The van der Waals surface area contributed by atoms with Crippen LogP contribution < -0.4 is 0 Å². The van der Waals surface area contributed by atoms with Crippen molar-refractivity contribution >= 4 is 0 Å². The Balaban J connectivity index is 2.20. The number of benzene rings is 2. The van der Waals surface area contributed by atoms with E-state index in [1.807, 2.05) is 0 Å². The molecule has 0 fully saturated rings. The Hall–Kier alpha value is -2.48. The molecule has 0 aliphatic heterocycles. The molecule has 2 heteroatoms. The van der Waals surface area contributed by atoms with Crippen LogP contribution in [0, 0.1) is 13.8 Å². The molecule has 26 heavy (non-hydrogen) atoms. The molecule has 3 aromatic rings. The zero-order valence-corrected chi connectivity index (χ0v) is 16.3. The summed E-state index contributed by atoms with van der Waals surface area (Å²) in [5, 5.41) is 0. The SMILES string of the molecule is CCCc1nc(-c2ccc(C)cc2)nc(-c2ccc(C)cc2)c1CCC. The molecule has 0 aliphatic carbocycles. The van der Waals surface area contributed by atoms with E-state index >= 15 is 0 Å². The number of aryl methyl sites for hydroxylation is 3. The molecule has 0 spiro atoms. The van der Waals surface area contributed by atoms with Crippen molar-refractivity contribution in [1.29, 1.82) is 0 Å². The minimum Gasteiger partial charge on any atom is -0.233 e. The van der Waals surface area contributed by atoms with Gasteiger partial charge in [0.1, 0.15) is 0 Å². The van der Waals surface area contributed by atoms with Crippen molar-refractivity contribution in [1.82, 2.24) is 9.97 Å². The molecule has 1 aromatic heterocycles. The largest absolute Gasteiger partial charge is 0.233 e. The van der Waals surface area contributed by atoms with E-state index in [1.165, 1.54) is 27.9 Å². The molecule has 0 aliphatic rings. The van der Waals surface area contributed by atoms with Crippen LogP contribution in [0.3, 0.4) is 0 Å². The van der Waals surface area contributed by atoms with Gasteiger partial charge in [-0.3, -0.25) is 0 Å². The molecule has 0 bridgehead atoms. The van der Waals surface area contributed by atoms with Crippen molar-refractivity contribution in [2.75, 3.05) is 0 Å². The molecular weight excluding hydrogens is 316 g/mol. The van der Waals surface area contributed by atoms with E-state index in [2.05, 4.69) is 76.2 Å². The maximum absolute atomic E-state index is 5.02. The number of hydrogen-bond donors (Lipinski definition) is 0. The van der Waals surface area contributed by atoms with Crippen LogP contribution in [0.15, 0.2) is 48.5 Å². The third-order valence-corrected chi connectivity index (χ3v) is 4.71. The third kappa shape index (κ3) is 4.01. The van der Waals surface area contributed by atoms with Gasteiger partial charge in [0.25, 0.3) is 0 Å². The van der Waals surface area contributed by atoms with E-state index in [-0.39, 0.29) is 0 Å². The van der Waals surface area contributed by atoms with Gasteiger partial charge < -0.3 is 0 Å². The Labute approximate surface area is 157 Å². The lowest BCUT2D eigenvalue weighted by atomic mass is 9.97. The second-order valence-corrected chi connectivity index (χ2v) is 7.05. The van der Waals surface area contributed by atoms with Crippen LogP contribution in [0.1, 0.15) is 49.1 Å². The summed E-state index contributed by atoms with van der Waals surface area (Å²) >= 11 is 0. The number of aromatic nitrogens is 2. The second-order valence-electron chi connectivity index (χ2n) is 7.05. The van der Waals surface area contributed by atoms with Gasteiger partial charge in [0.2, 0.25) is 0 Å². The minimum absolute atomic E-state index is 0.837. The first kappa shape index (κ1) is 18.3. The highest BCUT2D eigenvalue weighted by Gasteiger charge is 2.16. The highest BCUT2D eigenvalue weighted by atomic mass is 14.9. The average Bonchev–Trinajstić information content (AvgIpc) is 2.65. The van der Waals surface area contributed by atoms with Gasteiger partial charge in [-0.1, -0.05) is 86.3 Å². The molecule has 134 valence electrons. The van der Waals surface area contributed by atoms with Crippen molar-refractivity contribution in [3.8, 4) is 22.6 Å².